The van der Waals surface area contributed by atoms with E-state index in [1.807, 2.05) is 127 Å². The molecule has 2 heterocycles. The Bertz CT molecular complexity index is 3580. The van der Waals surface area contributed by atoms with E-state index >= 15 is 0 Å². The number of benzene rings is 9. The summed E-state index contributed by atoms with van der Waals surface area (Å²) in [5.74, 6) is 0.796. The molecule has 0 radical (unpaired) electrons. The van der Waals surface area contributed by atoms with Crippen molar-refractivity contribution < 1.29 is 8.22 Å². The van der Waals surface area contributed by atoms with E-state index in [4.69, 9.17) is 17.7 Å². The van der Waals surface area contributed by atoms with Crippen molar-refractivity contribution in [2.75, 3.05) is 0 Å². The summed E-state index contributed by atoms with van der Waals surface area (Å²) >= 11 is 1.13. The van der Waals surface area contributed by atoms with Crippen molar-refractivity contribution in [1.82, 2.24) is 15.0 Å². The minimum Gasteiger partial charge on any atom is -0.208 e. The number of nitrogens with zero attached hydrogens (tertiary/aromatic N) is 3. The van der Waals surface area contributed by atoms with Gasteiger partial charge in [0.25, 0.3) is 0 Å². The minimum atomic E-state index is -0.249. The standard InChI is InChI=1S/C51H31N3S/c1-3-13-32(14-4-1)34-17-11-18-36(29-34)50-52-49(33-15-5-2-6-16-33)53-51(54-50)37-26-28-44-47(31-37)55-46-24-12-23-38(48(44)46)35-25-27-43-41-21-8-7-19-39(41)40-20-9-10-22-42(40)45(43)30-35/h1-31H/i12D,23D,24D,26D,28D,31D. The normalized spacial score (nSPS) is 13.2. The van der Waals surface area contributed by atoms with Gasteiger partial charge in [-0.3, -0.25) is 0 Å². The van der Waals surface area contributed by atoms with E-state index in [-0.39, 0.29) is 47.6 Å². The first kappa shape index (κ1) is 25.9. The summed E-state index contributed by atoms with van der Waals surface area (Å²) in [4.78, 5) is 14.6. The zero-order valence-corrected chi connectivity index (χ0v) is 30.0. The third kappa shape index (κ3) is 5.38. The Kier molecular flexibility index (Phi) is 6.04. The molecule has 0 saturated heterocycles. The van der Waals surface area contributed by atoms with Crippen LogP contribution in [0, 0.1) is 0 Å². The molecule has 0 unspecified atom stereocenters. The molecule has 0 amide bonds. The highest BCUT2D eigenvalue weighted by atomic mass is 32.1. The third-order valence-electron chi connectivity index (χ3n) is 10.2. The lowest BCUT2D eigenvalue weighted by Crippen LogP contribution is -2.00. The van der Waals surface area contributed by atoms with Crippen molar-refractivity contribution in [2.45, 2.75) is 0 Å². The lowest BCUT2D eigenvalue weighted by atomic mass is 9.91. The molecule has 0 N–H and O–H groups in total. The van der Waals surface area contributed by atoms with Crippen LogP contribution >= 0.6 is 11.3 Å². The summed E-state index contributed by atoms with van der Waals surface area (Å²) in [7, 11) is 0. The molecule has 55 heavy (non-hydrogen) atoms. The predicted molar refractivity (Wildman–Crippen MR) is 232 cm³/mol. The lowest BCUT2D eigenvalue weighted by molar-refractivity contribution is 1.07. The van der Waals surface area contributed by atoms with Gasteiger partial charge < -0.3 is 0 Å². The van der Waals surface area contributed by atoms with Crippen molar-refractivity contribution in [2.24, 2.45) is 0 Å². The zero-order valence-electron chi connectivity index (χ0n) is 35.2. The number of fused-ring (bicyclic) bond motifs is 9. The average molecular weight is 724 g/mol. The molecule has 0 aliphatic rings. The van der Waals surface area contributed by atoms with E-state index in [0.29, 0.717) is 42.9 Å². The van der Waals surface area contributed by atoms with Crippen LogP contribution in [0.5, 0.6) is 0 Å². The van der Waals surface area contributed by atoms with Gasteiger partial charge in [-0.05, 0) is 78.8 Å². The second-order valence-electron chi connectivity index (χ2n) is 13.5. The smallest absolute Gasteiger partial charge is 0.164 e. The summed E-state index contributed by atoms with van der Waals surface area (Å²) in [6.45, 7) is 0. The minimum absolute atomic E-state index is 0.0641. The molecular weight excluding hydrogens is 687 g/mol. The molecule has 0 spiro atoms. The van der Waals surface area contributed by atoms with Crippen LogP contribution in [0.2, 0.25) is 0 Å². The first-order chi connectivity index (χ1) is 29.8. The maximum atomic E-state index is 9.72. The monoisotopic (exact) mass is 723 g/mol. The first-order valence-electron chi connectivity index (χ1n) is 21.0. The second kappa shape index (κ2) is 12.8. The third-order valence-corrected chi connectivity index (χ3v) is 11.2. The summed E-state index contributed by atoms with van der Waals surface area (Å²) in [5, 5.41) is 7.13. The van der Waals surface area contributed by atoms with Gasteiger partial charge in [-0.2, -0.15) is 0 Å². The Balaban J connectivity index is 1.16. The van der Waals surface area contributed by atoms with Gasteiger partial charge in [-0.25, -0.2) is 15.0 Å². The fourth-order valence-electron chi connectivity index (χ4n) is 7.64. The molecule has 4 heteroatoms. The molecule has 0 fully saturated rings. The number of hydrogen-bond acceptors (Lipinski definition) is 4. The van der Waals surface area contributed by atoms with E-state index in [1.54, 1.807) is 0 Å². The van der Waals surface area contributed by atoms with Gasteiger partial charge in [0.2, 0.25) is 0 Å². The largest absolute Gasteiger partial charge is 0.208 e. The number of rotatable bonds is 5. The average Bonchev–Trinajstić information content (AvgIpc) is 3.72. The quantitative estimate of drug-likeness (QED) is 0.166. The van der Waals surface area contributed by atoms with Crippen LogP contribution in [0.15, 0.2) is 188 Å². The van der Waals surface area contributed by atoms with Crippen LogP contribution in [-0.4, -0.2) is 15.0 Å². The fraction of sp³-hybridized carbons (Fsp3) is 0. The van der Waals surface area contributed by atoms with Crippen molar-refractivity contribution in [3.05, 3.63) is 188 Å². The van der Waals surface area contributed by atoms with Crippen molar-refractivity contribution in [3.63, 3.8) is 0 Å². The van der Waals surface area contributed by atoms with E-state index in [9.17, 15) is 5.48 Å². The Morgan fingerprint density at radius 1 is 0.364 bits per heavy atom. The van der Waals surface area contributed by atoms with Gasteiger partial charge in [-0.1, -0.05) is 164 Å². The lowest BCUT2D eigenvalue weighted by Gasteiger charge is -2.12. The Labute approximate surface area is 330 Å². The highest BCUT2D eigenvalue weighted by Crippen LogP contribution is 2.43. The number of thiophene rings is 1. The molecule has 11 rings (SSSR count). The van der Waals surface area contributed by atoms with Crippen LogP contribution in [0.1, 0.15) is 8.22 Å². The van der Waals surface area contributed by atoms with Crippen LogP contribution in [0.3, 0.4) is 0 Å². The van der Waals surface area contributed by atoms with Crippen LogP contribution in [-0.2, 0) is 0 Å². The molecule has 256 valence electrons. The number of hydrogen-bond donors (Lipinski definition) is 0. The van der Waals surface area contributed by atoms with Crippen LogP contribution in [0.4, 0.5) is 0 Å². The van der Waals surface area contributed by atoms with Crippen LogP contribution in [0.25, 0.3) is 109 Å². The van der Waals surface area contributed by atoms with Gasteiger partial charge >= 0.3 is 0 Å². The van der Waals surface area contributed by atoms with Crippen molar-refractivity contribution in [3.8, 4) is 56.4 Å². The highest BCUT2D eigenvalue weighted by molar-refractivity contribution is 7.26. The molecule has 2 aromatic heterocycles. The maximum absolute atomic E-state index is 9.72. The van der Waals surface area contributed by atoms with E-state index in [1.165, 1.54) is 0 Å². The van der Waals surface area contributed by atoms with Gasteiger partial charge in [0.15, 0.2) is 17.5 Å². The molecule has 0 saturated carbocycles. The summed E-state index contributed by atoms with van der Waals surface area (Å²) < 4.78 is 57.0. The Morgan fingerprint density at radius 3 is 1.64 bits per heavy atom. The predicted octanol–water partition coefficient (Wildman–Crippen LogP) is 14.0. The second-order valence-corrected chi connectivity index (χ2v) is 14.5. The van der Waals surface area contributed by atoms with E-state index in [0.717, 1.165) is 65.9 Å². The molecule has 0 bridgehead atoms. The fourth-order valence-corrected chi connectivity index (χ4v) is 8.66. The Morgan fingerprint density at radius 2 is 0.927 bits per heavy atom. The van der Waals surface area contributed by atoms with Crippen molar-refractivity contribution >= 4 is 63.8 Å². The summed E-state index contributed by atoms with van der Waals surface area (Å²) in [6, 6.07) is 48.9. The highest BCUT2D eigenvalue weighted by Gasteiger charge is 2.17. The molecule has 0 atom stereocenters. The van der Waals surface area contributed by atoms with Crippen molar-refractivity contribution in [1.29, 1.82) is 0 Å². The SMILES string of the molecule is [2H]c1c([2H])c(-c2ccc3c4ccccc4c4ccccc4c3c2)c2c(sc3c([2H])c(-c4nc(-c5ccccc5)nc(-c5cccc(-c6ccccc6)c5)n4)c([2H])c([2H])c32)c1[2H]. The van der Waals surface area contributed by atoms with E-state index < -0.39 is 0 Å². The first-order valence-corrected chi connectivity index (χ1v) is 18.9. The zero-order chi connectivity index (χ0) is 41.5. The molecule has 0 aliphatic heterocycles. The Hall–Kier alpha value is -7.01. The molecule has 9 aromatic carbocycles. The van der Waals surface area contributed by atoms with E-state index in [2.05, 4.69) is 24.3 Å². The van der Waals surface area contributed by atoms with Gasteiger partial charge in [0.05, 0.1) is 8.22 Å². The van der Waals surface area contributed by atoms with Gasteiger partial charge in [0, 0.05) is 36.9 Å². The number of aromatic nitrogens is 3. The van der Waals surface area contributed by atoms with Gasteiger partial charge in [-0.15, -0.1) is 11.3 Å². The molecular formula is C51H31N3S. The summed E-state index contributed by atoms with van der Waals surface area (Å²) in [6.07, 6.45) is 0. The molecule has 0 aliphatic carbocycles. The molecule has 11 aromatic rings. The maximum Gasteiger partial charge on any atom is 0.164 e. The van der Waals surface area contributed by atoms with Gasteiger partial charge in [0.1, 0.15) is 0 Å². The topological polar surface area (TPSA) is 38.7 Å². The van der Waals surface area contributed by atoms with Crippen LogP contribution < -0.4 is 0 Å². The summed E-state index contributed by atoms with van der Waals surface area (Å²) in [5.41, 5.74) is 4.57. The molecule has 3 nitrogen and oxygen atoms in total.